The Morgan fingerprint density at radius 1 is 1.21 bits per heavy atom. The number of nitrogens with one attached hydrogen (secondary N) is 1. The monoisotopic (exact) mass is 267 g/mol. The van der Waals surface area contributed by atoms with Gasteiger partial charge in [-0.2, -0.15) is 0 Å². The number of likely N-dealkylation sites (tertiary alicyclic amines) is 1. The summed E-state index contributed by atoms with van der Waals surface area (Å²) in [6.45, 7) is 6.37. The summed E-state index contributed by atoms with van der Waals surface area (Å²) in [5, 5.41) is 3.63. The number of carbonyl (C=O) groups excluding carboxylic acids is 1. The lowest BCUT2D eigenvalue weighted by atomic mass is 9.83. The van der Waals surface area contributed by atoms with E-state index < -0.39 is 5.54 Å². The van der Waals surface area contributed by atoms with Crippen molar-refractivity contribution in [2.24, 2.45) is 5.73 Å². The number of rotatable bonds is 4. The fourth-order valence-electron chi connectivity index (χ4n) is 3.52. The molecular formula is C15H29N3O. The molecule has 1 aliphatic heterocycles. The van der Waals surface area contributed by atoms with Crippen molar-refractivity contribution in [3.05, 3.63) is 0 Å². The standard InChI is InChI=1S/C15H29N3O/c1-12(2)18-10-8-15(9-11-18,14(16)19)17-13-6-4-3-5-7-13/h12-13,17H,3-11H2,1-2H3,(H2,16,19). The van der Waals surface area contributed by atoms with Crippen molar-refractivity contribution in [2.45, 2.75) is 76.4 Å². The van der Waals surface area contributed by atoms with Crippen LogP contribution in [-0.2, 0) is 4.79 Å². The summed E-state index contributed by atoms with van der Waals surface area (Å²) in [4.78, 5) is 14.4. The molecular weight excluding hydrogens is 238 g/mol. The number of primary amides is 1. The summed E-state index contributed by atoms with van der Waals surface area (Å²) in [7, 11) is 0. The fraction of sp³-hybridized carbons (Fsp3) is 0.933. The first-order chi connectivity index (χ1) is 9.03. The SMILES string of the molecule is CC(C)N1CCC(NC2CCCCC2)(C(N)=O)CC1. The van der Waals surface area contributed by atoms with E-state index in [2.05, 4.69) is 24.1 Å². The smallest absolute Gasteiger partial charge is 0.237 e. The fourth-order valence-corrected chi connectivity index (χ4v) is 3.52. The lowest BCUT2D eigenvalue weighted by Crippen LogP contribution is -2.63. The first-order valence-electron chi connectivity index (χ1n) is 7.85. The van der Waals surface area contributed by atoms with E-state index in [0.717, 1.165) is 25.9 Å². The van der Waals surface area contributed by atoms with E-state index >= 15 is 0 Å². The van der Waals surface area contributed by atoms with Crippen LogP contribution in [0.3, 0.4) is 0 Å². The lowest BCUT2D eigenvalue weighted by Gasteiger charge is -2.44. The maximum atomic E-state index is 12.0. The van der Waals surface area contributed by atoms with Crippen LogP contribution in [0.2, 0.25) is 0 Å². The molecule has 0 bridgehead atoms. The number of hydrogen-bond donors (Lipinski definition) is 2. The molecule has 0 aromatic rings. The molecule has 0 spiro atoms. The van der Waals surface area contributed by atoms with Crippen LogP contribution in [-0.4, -0.2) is 41.5 Å². The molecule has 2 rings (SSSR count). The average Bonchev–Trinajstić information content (AvgIpc) is 2.40. The van der Waals surface area contributed by atoms with Gasteiger partial charge in [0.15, 0.2) is 0 Å². The Hall–Kier alpha value is -0.610. The molecule has 0 unspecified atom stereocenters. The molecule has 3 N–H and O–H groups in total. The summed E-state index contributed by atoms with van der Waals surface area (Å²) >= 11 is 0. The molecule has 0 aromatic heterocycles. The Morgan fingerprint density at radius 2 is 1.79 bits per heavy atom. The van der Waals surface area contributed by atoms with Gasteiger partial charge in [0.05, 0.1) is 0 Å². The second kappa shape index (κ2) is 6.23. The van der Waals surface area contributed by atoms with Crippen LogP contribution in [0.25, 0.3) is 0 Å². The molecule has 1 aliphatic carbocycles. The quantitative estimate of drug-likeness (QED) is 0.814. The van der Waals surface area contributed by atoms with Crippen molar-refractivity contribution in [2.75, 3.05) is 13.1 Å². The van der Waals surface area contributed by atoms with Gasteiger partial charge in [-0.1, -0.05) is 19.3 Å². The van der Waals surface area contributed by atoms with E-state index in [1.165, 1.54) is 32.1 Å². The van der Waals surface area contributed by atoms with E-state index in [1.54, 1.807) is 0 Å². The van der Waals surface area contributed by atoms with E-state index in [-0.39, 0.29) is 5.91 Å². The van der Waals surface area contributed by atoms with E-state index in [9.17, 15) is 4.79 Å². The van der Waals surface area contributed by atoms with Crippen LogP contribution < -0.4 is 11.1 Å². The predicted octanol–water partition coefficient (Wildman–Crippen LogP) is 1.64. The second-order valence-corrected chi connectivity index (χ2v) is 6.56. The molecule has 0 radical (unpaired) electrons. The molecule has 0 aromatic carbocycles. The van der Waals surface area contributed by atoms with Crippen LogP contribution >= 0.6 is 0 Å². The maximum absolute atomic E-state index is 12.0. The summed E-state index contributed by atoms with van der Waals surface area (Å²) < 4.78 is 0. The zero-order valence-corrected chi connectivity index (χ0v) is 12.5. The van der Waals surface area contributed by atoms with Gasteiger partial charge in [0.1, 0.15) is 5.54 Å². The molecule has 1 saturated heterocycles. The van der Waals surface area contributed by atoms with Gasteiger partial charge >= 0.3 is 0 Å². The number of nitrogens with two attached hydrogens (primary N) is 1. The lowest BCUT2D eigenvalue weighted by molar-refractivity contribution is -0.127. The normalized spacial score (nSPS) is 25.6. The van der Waals surface area contributed by atoms with E-state index in [4.69, 9.17) is 5.73 Å². The third kappa shape index (κ3) is 3.48. The zero-order valence-electron chi connectivity index (χ0n) is 12.5. The third-order valence-corrected chi connectivity index (χ3v) is 4.94. The highest BCUT2D eigenvalue weighted by atomic mass is 16.1. The third-order valence-electron chi connectivity index (χ3n) is 4.94. The number of hydrogen-bond acceptors (Lipinski definition) is 3. The molecule has 4 nitrogen and oxygen atoms in total. The highest BCUT2D eigenvalue weighted by molar-refractivity contribution is 5.84. The van der Waals surface area contributed by atoms with Crippen LogP contribution in [0.15, 0.2) is 0 Å². The minimum atomic E-state index is -0.451. The van der Waals surface area contributed by atoms with Crippen molar-refractivity contribution in [1.82, 2.24) is 10.2 Å². The van der Waals surface area contributed by atoms with Gasteiger partial charge in [0.2, 0.25) is 5.91 Å². The molecule has 1 saturated carbocycles. The van der Waals surface area contributed by atoms with Gasteiger partial charge in [-0.3, -0.25) is 4.79 Å². The van der Waals surface area contributed by atoms with E-state index in [1.807, 2.05) is 0 Å². The van der Waals surface area contributed by atoms with Crippen molar-refractivity contribution in [3.8, 4) is 0 Å². The predicted molar refractivity (Wildman–Crippen MR) is 77.9 cm³/mol. The van der Waals surface area contributed by atoms with Crippen molar-refractivity contribution < 1.29 is 4.79 Å². The molecule has 1 heterocycles. The van der Waals surface area contributed by atoms with Gasteiger partial charge in [-0.25, -0.2) is 0 Å². The summed E-state index contributed by atoms with van der Waals surface area (Å²) in [5.74, 6) is -0.151. The molecule has 4 heteroatoms. The van der Waals surface area contributed by atoms with Crippen LogP contribution in [0.1, 0.15) is 58.8 Å². The first kappa shape index (κ1) is 14.8. The summed E-state index contributed by atoms with van der Waals surface area (Å²) in [6.07, 6.45) is 8.01. The molecule has 0 atom stereocenters. The Kier molecular flexibility index (Phi) is 4.85. The largest absolute Gasteiger partial charge is 0.368 e. The first-order valence-corrected chi connectivity index (χ1v) is 7.85. The number of carbonyl (C=O) groups is 1. The average molecular weight is 267 g/mol. The molecule has 2 fully saturated rings. The van der Waals surface area contributed by atoms with Gasteiger partial charge in [0, 0.05) is 25.2 Å². The van der Waals surface area contributed by atoms with Crippen LogP contribution in [0.5, 0.6) is 0 Å². The Balaban J connectivity index is 1.97. The molecule has 1 amide bonds. The molecule has 110 valence electrons. The highest BCUT2D eigenvalue weighted by Gasteiger charge is 2.41. The van der Waals surface area contributed by atoms with Gasteiger partial charge in [-0.15, -0.1) is 0 Å². The van der Waals surface area contributed by atoms with Crippen molar-refractivity contribution in [1.29, 1.82) is 0 Å². The number of nitrogens with zero attached hydrogens (tertiary/aromatic N) is 1. The number of piperidine rings is 1. The minimum Gasteiger partial charge on any atom is -0.368 e. The second-order valence-electron chi connectivity index (χ2n) is 6.56. The highest BCUT2D eigenvalue weighted by Crippen LogP contribution is 2.27. The Bertz CT molecular complexity index is 303. The van der Waals surface area contributed by atoms with Crippen LogP contribution in [0.4, 0.5) is 0 Å². The Morgan fingerprint density at radius 3 is 2.26 bits per heavy atom. The van der Waals surface area contributed by atoms with Gasteiger partial charge in [-0.05, 0) is 39.5 Å². The maximum Gasteiger partial charge on any atom is 0.237 e. The molecule has 19 heavy (non-hydrogen) atoms. The topological polar surface area (TPSA) is 58.4 Å². The van der Waals surface area contributed by atoms with Gasteiger partial charge < -0.3 is 16.0 Å². The van der Waals surface area contributed by atoms with Gasteiger partial charge in [0.25, 0.3) is 0 Å². The summed E-state index contributed by atoms with van der Waals surface area (Å²) in [5.41, 5.74) is 5.27. The molecule has 2 aliphatic rings. The van der Waals surface area contributed by atoms with E-state index in [0.29, 0.717) is 12.1 Å². The Labute approximate surface area is 117 Å². The van der Waals surface area contributed by atoms with Crippen LogP contribution in [0, 0.1) is 0 Å². The van der Waals surface area contributed by atoms with Crippen molar-refractivity contribution >= 4 is 5.91 Å². The number of amides is 1. The zero-order chi connectivity index (χ0) is 13.9. The summed E-state index contributed by atoms with van der Waals surface area (Å²) in [6, 6.07) is 1.05. The van der Waals surface area contributed by atoms with Crippen molar-refractivity contribution in [3.63, 3.8) is 0 Å². The minimum absolute atomic E-state index is 0.151.